The van der Waals surface area contributed by atoms with Crippen LogP contribution in [-0.2, 0) is 9.53 Å². The summed E-state index contributed by atoms with van der Waals surface area (Å²) >= 11 is 1.26. The minimum atomic E-state index is -0.395. The maximum Gasteiger partial charge on any atom is 0.328 e. The van der Waals surface area contributed by atoms with E-state index in [1.807, 2.05) is 13.8 Å². The molecule has 1 N–H and O–H groups in total. The van der Waals surface area contributed by atoms with Crippen molar-refractivity contribution in [3.63, 3.8) is 0 Å². The number of nitrogens with zero attached hydrogens (tertiary/aromatic N) is 2. The Morgan fingerprint density at radius 2 is 2.19 bits per heavy atom. The van der Waals surface area contributed by atoms with Gasteiger partial charge in [-0.25, -0.2) is 9.78 Å². The van der Waals surface area contributed by atoms with Gasteiger partial charge in [-0.2, -0.15) is 4.37 Å². The molecule has 0 aliphatic carbocycles. The van der Waals surface area contributed by atoms with Crippen LogP contribution in [0.1, 0.15) is 39.4 Å². The predicted molar refractivity (Wildman–Crippen MR) is 63.7 cm³/mol. The van der Waals surface area contributed by atoms with Crippen LogP contribution in [0.2, 0.25) is 0 Å². The molecule has 0 aromatic carbocycles. The van der Waals surface area contributed by atoms with E-state index in [2.05, 4.69) is 14.7 Å². The molecule has 0 fully saturated rings. The van der Waals surface area contributed by atoms with Gasteiger partial charge in [0.2, 0.25) is 5.13 Å². The molecule has 0 aliphatic heterocycles. The standard InChI is InChI=1S/C10H17N3O2S/c1-5-15-9(14)7(4)11-10-12-8(6(2)3)13-16-10/h6-7H,5H2,1-4H3,(H,11,12,13). The Kier molecular flexibility index (Phi) is 4.67. The third kappa shape index (κ3) is 3.44. The van der Waals surface area contributed by atoms with E-state index in [0.717, 1.165) is 5.82 Å². The highest BCUT2D eigenvalue weighted by Gasteiger charge is 2.16. The first kappa shape index (κ1) is 12.9. The second-order valence-corrected chi connectivity index (χ2v) is 4.48. The molecule has 16 heavy (non-hydrogen) atoms. The molecule has 0 bridgehead atoms. The van der Waals surface area contributed by atoms with Crippen molar-refractivity contribution in [2.75, 3.05) is 11.9 Å². The van der Waals surface area contributed by atoms with Gasteiger partial charge in [-0.1, -0.05) is 13.8 Å². The molecule has 1 atom stereocenters. The Balaban J connectivity index is 2.55. The zero-order valence-corrected chi connectivity index (χ0v) is 10.8. The van der Waals surface area contributed by atoms with E-state index in [4.69, 9.17) is 4.74 Å². The van der Waals surface area contributed by atoms with Gasteiger partial charge in [-0.05, 0) is 13.8 Å². The SMILES string of the molecule is CCOC(=O)C(C)Nc1nc(C(C)C)ns1. The zero-order valence-electron chi connectivity index (χ0n) is 9.98. The van der Waals surface area contributed by atoms with Gasteiger partial charge >= 0.3 is 5.97 Å². The third-order valence-electron chi connectivity index (χ3n) is 1.94. The Hall–Kier alpha value is -1.17. The number of rotatable bonds is 5. The van der Waals surface area contributed by atoms with Crippen LogP contribution in [-0.4, -0.2) is 28.0 Å². The fourth-order valence-electron chi connectivity index (χ4n) is 1.04. The van der Waals surface area contributed by atoms with Gasteiger partial charge in [-0.3, -0.25) is 0 Å². The Bertz CT molecular complexity index is 352. The topological polar surface area (TPSA) is 64.1 Å². The molecule has 0 aliphatic rings. The lowest BCUT2D eigenvalue weighted by molar-refractivity contribution is -0.143. The van der Waals surface area contributed by atoms with Crippen molar-refractivity contribution in [2.45, 2.75) is 39.7 Å². The summed E-state index contributed by atoms with van der Waals surface area (Å²) < 4.78 is 9.08. The van der Waals surface area contributed by atoms with Crippen LogP contribution in [0.25, 0.3) is 0 Å². The number of hydrogen-bond donors (Lipinski definition) is 1. The summed E-state index contributed by atoms with van der Waals surface area (Å²) in [5.41, 5.74) is 0. The van der Waals surface area contributed by atoms with Crippen molar-refractivity contribution in [2.24, 2.45) is 0 Å². The molecule has 1 heterocycles. The number of esters is 1. The second kappa shape index (κ2) is 5.79. The maximum absolute atomic E-state index is 11.4. The van der Waals surface area contributed by atoms with E-state index in [-0.39, 0.29) is 5.97 Å². The average Bonchev–Trinajstić information content (AvgIpc) is 2.66. The number of nitrogens with one attached hydrogen (secondary N) is 1. The van der Waals surface area contributed by atoms with Crippen LogP contribution < -0.4 is 5.32 Å². The number of anilines is 1. The maximum atomic E-state index is 11.4. The molecule has 0 radical (unpaired) electrons. The minimum Gasteiger partial charge on any atom is -0.464 e. The van der Waals surface area contributed by atoms with Crippen molar-refractivity contribution in [1.29, 1.82) is 0 Å². The Morgan fingerprint density at radius 3 is 2.69 bits per heavy atom. The van der Waals surface area contributed by atoms with Gasteiger partial charge in [0, 0.05) is 17.5 Å². The average molecular weight is 243 g/mol. The van der Waals surface area contributed by atoms with E-state index in [0.29, 0.717) is 17.7 Å². The Labute approximate surface area is 99.4 Å². The summed E-state index contributed by atoms with van der Waals surface area (Å²) in [7, 11) is 0. The third-order valence-corrected chi connectivity index (χ3v) is 2.60. The number of hydrogen-bond acceptors (Lipinski definition) is 6. The fourth-order valence-corrected chi connectivity index (χ4v) is 1.83. The normalized spacial score (nSPS) is 12.6. The van der Waals surface area contributed by atoms with Crippen molar-refractivity contribution >= 4 is 22.6 Å². The molecule has 0 saturated heterocycles. The summed E-state index contributed by atoms with van der Waals surface area (Å²) in [6, 6.07) is -0.395. The fraction of sp³-hybridized carbons (Fsp3) is 0.700. The highest BCUT2D eigenvalue weighted by atomic mass is 32.1. The molecule has 90 valence electrons. The van der Waals surface area contributed by atoms with Crippen LogP contribution in [0.4, 0.5) is 5.13 Å². The molecule has 5 nitrogen and oxygen atoms in total. The molecule has 0 amide bonds. The van der Waals surface area contributed by atoms with E-state index in [9.17, 15) is 4.79 Å². The summed E-state index contributed by atoms with van der Waals surface area (Å²) in [6.07, 6.45) is 0. The molecule has 1 rings (SSSR count). The summed E-state index contributed by atoms with van der Waals surface area (Å²) in [5, 5.41) is 3.63. The van der Waals surface area contributed by atoms with Crippen molar-refractivity contribution in [3.8, 4) is 0 Å². The molecular weight excluding hydrogens is 226 g/mol. The van der Waals surface area contributed by atoms with Crippen LogP contribution >= 0.6 is 11.5 Å². The van der Waals surface area contributed by atoms with Crippen molar-refractivity contribution < 1.29 is 9.53 Å². The minimum absolute atomic E-state index is 0.274. The lowest BCUT2D eigenvalue weighted by Crippen LogP contribution is -2.28. The van der Waals surface area contributed by atoms with Crippen molar-refractivity contribution in [1.82, 2.24) is 9.36 Å². The quantitative estimate of drug-likeness (QED) is 0.802. The lowest BCUT2D eigenvalue weighted by atomic mass is 10.2. The van der Waals surface area contributed by atoms with E-state index < -0.39 is 6.04 Å². The van der Waals surface area contributed by atoms with Crippen molar-refractivity contribution in [3.05, 3.63) is 5.82 Å². The molecule has 0 spiro atoms. The summed E-state index contributed by atoms with van der Waals surface area (Å²) in [4.78, 5) is 15.6. The molecule has 1 unspecified atom stereocenters. The van der Waals surface area contributed by atoms with Crippen LogP contribution in [0.15, 0.2) is 0 Å². The monoisotopic (exact) mass is 243 g/mol. The van der Waals surface area contributed by atoms with Gasteiger partial charge in [-0.15, -0.1) is 0 Å². The first-order valence-electron chi connectivity index (χ1n) is 5.31. The summed E-state index contributed by atoms with van der Waals surface area (Å²) in [5.74, 6) is 0.817. The van der Waals surface area contributed by atoms with Gasteiger partial charge < -0.3 is 10.1 Å². The summed E-state index contributed by atoms with van der Waals surface area (Å²) in [6.45, 7) is 7.97. The smallest absolute Gasteiger partial charge is 0.328 e. The predicted octanol–water partition coefficient (Wildman–Crippen LogP) is 2.02. The highest BCUT2D eigenvalue weighted by Crippen LogP contribution is 2.18. The second-order valence-electron chi connectivity index (χ2n) is 3.73. The van der Waals surface area contributed by atoms with Gasteiger partial charge in [0.15, 0.2) is 0 Å². The van der Waals surface area contributed by atoms with Crippen LogP contribution in [0.5, 0.6) is 0 Å². The van der Waals surface area contributed by atoms with E-state index in [1.54, 1.807) is 13.8 Å². The number of ether oxygens (including phenoxy) is 1. The van der Waals surface area contributed by atoms with E-state index in [1.165, 1.54) is 11.5 Å². The molecule has 0 saturated carbocycles. The number of aromatic nitrogens is 2. The largest absolute Gasteiger partial charge is 0.464 e. The number of carbonyl (C=O) groups is 1. The zero-order chi connectivity index (χ0) is 12.1. The van der Waals surface area contributed by atoms with Gasteiger partial charge in [0.25, 0.3) is 0 Å². The van der Waals surface area contributed by atoms with Gasteiger partial charge in [0.05, 0.1) is 6.61 Å². The highest BCUT2D eigenvalue weighted by molar-refractivity contribution is 7.09. The molecule has 1 aromatic heterocycles. The van der Waals surface area contributed by atoms with Gasteiger partial charge in [0.1, 0.15) is 11.9 Å². The molecule has 6 heteroatoms. The first-order chi connectivity index (χ1) is 7.54. The molecular formula is C10H17N3O2S. The molecule has 1 aromatic rings. The van der Waals surface area contributed by atoms with E-state index >= 15 is 0 Å². The first-order valence-corrected chi connectivity index (χ1v) is 6.08. The van der Waals surface area contributed by atoms with Crippen LogP contribution in [0.3, 0.4) is 0 Å². The lowest BCUT2D eigenvalue weighted by Gasteiger charge is -2.10. The number of carbonyl (C=O) groups excluding carboxylic acids is 1. The Morgan fingerprint density at radius 1 is 1.50 bits per heavy atom. The van der Waals surface area contributed by atoms with Crippen LogP contribution in [0, 0.1) is 0 Å².